The summed E-state index contributed by atoms with van der Waals surface area (Å²) in [5.41, 5.74) is 6.27. The van der Waals surface area contributed by atoms with Gasteiger partial charge in [0, 0.05) is 0 Å². The average molecular weight is 193 g/mol. The fourth-order valence-electron chi connectivity index (χ4n) is 0.496. The van der Waals surface area contributed by atoms with E-state index < -0.39 is 0 Å². The SMILES string of the molecule is Nc1ccc([AsH2])cc1.[NaH]. The first-order chi connectivity index (χ1) is 3.79. The minimum atomic E-state index is 0. The second-order valence-corrected chi connectivity index (χ2v) is 3.07. The van der Waals surface area contributed by atoms with Crippen LogP contribution in [0.25, 0.3) is 0 Å². The van der Waals surface area contributed by atoms with Crippen LogP contribution in [0.15, 0.2) is 24.3 Å². The molecule has 0 aliphatic rings. The Morgan fingerprint density at radius 2 is 1.56 bits per heavy atom. The van der Waals surface area contributed by atoms with Gasteiger partial charge in [0.05, 0.1) is 0 Å². The summed E-state index contributed by atoms with van der Waals surface area (Å²) in [7, 11) is 0. The van der Waals surface area contributed by atoms with Gasteiger partial charge in [-0.15, -0.1) is 0 Å². The average Bonchev–Trinajstić information content (AvgIpc) is 1.77. The molecule has 1 atom stereocenters. The van der Waals surface area contributed by atoms with Crippen molar-refractivity contribution < 1.29 is 0 Å². The van der Waals surface area contributed by atoms with Crippen molar-refractivity contribution in [1.29, 1.82) is 0 Å². The standard InChI is InChI=1S/C6H8AsN.Na.H/c7-5-1-3-6(8)4-2-5;;/h1-4H,7-8H2;;. The van der Waals surface area contributed by atoms with Crippen molar-refractivity contribution in [2.75, 3.05) is 5.73 Å². The Hall–Kier alpha value is 0.578. The third kappa shape index (κ3) is 3.32. The predicted octanol–water partition coefficient (Wildman–Crippen LogP) is -1.12. The van der Waals surface area contributed by atoms with Crippen LogP contribution in [-0.4, -0.2) is 46.4 Å². The number of hydrogen-bond donors (Lipinski definition) is 1. The third-order valence-electron chi connectivity index (χ3n) is 0.936. The molecule has 0 heterocycles. The van der Waals surface area contributed by atoms with Crippen molar-refractivity contribution in [2.24, 2.45) is 0 Å². The molecule has 0 amide bonds. The van der Waals surface area contributed by atoms with Crippen LogP contribution in [0.1, 0.15) is 0 Å². The zero-order valence-electron chi connectivity index (χ0n) is 4.46. The Balaban J connectivity index is 0.000000640. The van der Waals surface area contributed by atoms with Crippen LogP contribution in [-0.2, 0) is 0 Å². The molecule has 0 aromatic heterocycles. The van der Waals surface area contributed by atoms with E-state index >= 15 is 0 Å². The van der Waals surface area contributed by atoms with Crippen molar-refractivity contribution in [2.45, 2.75) is 0 Å². The molecule has 0 saturated heterocycles. The molecule has 0 saturated carbocycles. The molecule has 3 heteroatoms. The van der Waals surface area contributed by atoms with Crippen LogP contribution in [0.5, 0.6) is 0 Å². The van der Waals surface area contributed by atoms with Crippen molar-refractivity contribution in [1.82, 2.24) is 0 Å². The summed E-state index contributed by atoms with van der Waals surface area (Å²) in [6.45, 7) is 0. The molecule has 1 unspecified atom stereocenters. The fourth-order valence-corrected chi connectivity index (χ4v) is 0.900. The van der Waals surface area contributed by atoms with E-state index in [1.165, 1.54) is 4.35 Å². The second-order valence-electron chi connectivity index (χ2n) is 1.67. The first-order valence-corrected chi connectivity index (χ1v) is 3.61. The van der Waals surface area contributed by atoms with Crippen molar-refractivity contribution in [3.63, 3.8) is 0 Å². The summed E-state index contributed by atoms with van der Waals surface area (Å²) in [5, 5.41) is 0. The summed E-state index contributed by atoms with van der Waals surface area (Å²) in [6.07, 6.45) is 0. The molecule has 1 aromatic carbocycles. The molecule has 44 valence electrons. The van der Waals surface area contributed by atoms with Gasteiger partial charge in [0.15, 0.2) is 0 Å². The van der Waals surface area contributed by atoms with Crippen LogP contribution in [0, 0.1) is 0 Å². The molecule has 0 aliphatic carbocycles. The van der Waals surface area contributed by atoms with E-state index in [2.05, 4.69) is 0 Å². The summed E-state index contributed by atoms with van der Waals surface area (Å²) >= 11 is 1.62. The zero-order valence-corrected chi connectivity index (χ0v) is 6.89. The number of nitrogens with two attached hydrogens (primary N) is 1. The van der Waals surface area contributed by atoms with Gasteiger partial charge in [-0.05, 0) is 0 Å². The number of hydrogen-bond acceptors (Lipinski definition) is 1. The van der Waals surface area contributed by atoms with Gasteiger partial charge in [-0.2, -0.15) is 0 Å². The Bertz CT molecular complexity index is 152. The van der Waals surface area contributed by atoms with Gasteiger partial charge in [-0.1, -0.05) is 0 Å². The van der Waals surface area contributed by atoms with Crippen molar-refractivity contribution in [3.8, 4) is 0 Å². The number of anilines is 1. The minimum absolute atomic E-state index is 0. The van der Waals surface area contributed by atoms with Gasteiger partial charge in [-0.25, -0.2) is 0 Å². The second kappa shape index (κ2) is 4.40. The zero-order chi connectivity index (χ0) is 5.98. The number of rotatable bonds is 0. The van der Waals surface area contributed by atoms with Gasteiger partial charge in [0.2, 0.25) is 0 Å². The van der Waals surface area contributed by atoms with Crippen LogP contribution >= 0.6 is 0 Å². The van der Waals surface area contributed by atoms with Crippen LogP contribution < -0.4 is 10.1 Å². The Kier molecular flexibility index (Phi) is 4.69. The van der Waals surface area contributed by atoms with Gasteiger partial charge < -0.3 is 0 Å². The van der Waals surface area contributed by atoms with Crippen LogP contribution in [0.3, 0.4) is 0 Å². The predicted molar refractivity (Wildman–Crippen MR) is 46.2 cm³/mol. The van der Waals surface area contributed by atoms with Crippen LogP contribution in [0.4, 0.5) is 5.69 Å². The van der Waals surface area contributed by atoms with Gasteiger partial charge in [-0.3, -0.25) is 0 Å². The van der Waals surface area contributed by atoms with E-state index in [1.54, 1.807) is 16.9 Å². The van der Waals surface area contributed by atoms with E-state index in [0.717, 1.165) is 5.69 Å². The topological polar surface area (TPSA) is 26.0 Å². The molecule has 2 N–H and O–H groups in total. The first kappa shape index (κ1) is 9.58. The van der Waals surface area contributed by atoms with Crippen LogP contribution in [0.2, 0.25) is 0 Å². The summed E-state index contributed by atoms with van der Waals surface area (Å²) in [6, 6.07) is 7.87. The first-order valence-electron chi connectivity index (χ1n) is 2.40. The molecule has 0 fully saturated rings. The van der Waals surface area contributed by atoms with E-state index in [4.69, 9.17) is 5.73 Å². The maximum absolute atomic E-state index is 5.43. The van der Waals surface area contributed by atoms with Crippen molar-refractivity contribution >= 4 is 56.4 Å². The monoisotopic (exact) mass is 193 g/mol. The molecule has 0 aliphatic heterocycles. The molecular formula is C6H9AsNNa. The van der Waals surface area contributed by atoms with Crippen molar-refractivity contribution in [3.05, 3.63) is 24.3 Å². The van der Waals surface area contributed by atoms with Gasteiger partial charge in [0.1, 0.15) is 0 Å². The van der Waals surface area contributed by atoms with E-state index in [1.807, 2.05) is 24.3 Å². The normalized spacial score (nSPS) is 8.11. The Morgan fingerprint density at radius 3 is 1.89 bits per heavy atom. The third-order valence-corrected chi connectivity index (χ3v) is 1.74. The number of benzene rings is 1. The molecule has 1 rings (SSSR count). The Labute approximate surface area is 85.8 Å². The molecule has 0 radical (unpaired) electrons. The molecule has 1 nitrogen and oxygen atoms in total. The maximum atomic E-state index is 5.43. The molecule has 1 aromatic rings. The van der Waals surface area contributed by atoms with Gasteiger partial charge in [0.25, 0.3) is 0 Å². The summed E-state index contributed by atoms with van der Waals surface area (Å²) < 4.78 is 1.31. The number of nitrogen functional groups attached to an aromatic ring is 1. The summed E-state index contributed by atoms with van der Waals surface area (Å²) in [4.78, 5) is 0. The molecule has 0 spiro atoms. The molecular weight excluding hydrogens is 184 g/mol. The molecule has 0 bridgehead atoms. The molecule has 9 heavy (non-hydrogen) atoms. The fraction of sp³-hybridized carbons (Fsp3) is 0. The van der Waals surface area contributed by atoms with Gasteiger partial charge >= 0.3 is 86.4 Å². The quantitative estimate of drug-likeness (QED) is 0.410. The summed E-state index contributed by atoms with van der Waals surface area (Å²) in [5.74, 6) is 0. The van der Waals surface area contributed by atoms with E-state index in [-0.39, 0.29) is 29.6 Å². The van der Waals surface area contributed by atoms with E-state index in [0.29, 0.717) is 0 Å². The Morgan fingerprint density at radius 1 is 1.11 bits per heavy atom. The van der Waals surface area contributed by atoms with E-state index in [9.17, 15) is 0 Å².